The SMILES string of the molecule is C=O.CC.CC1CCC(C)CC1.CCCC(CCC)CC(C)c1ccc(C)cc1. The van der Waals surface area contributed by atoms with Crippen LogP contribution >= 0.6 is 0 Å². The van der Waals surface area contributed by atoms with E-state index in [0.717, 1.165) is 17.8 Å². The van der Waals surface area contributed by atoms with E-state index in [4.69, 9.17) is 4.79 Å². The second kappa shape index (κ2) is 20.2. The first-order chi connectivity index (χ1) is 14.0. The molecule has 1 atom stereocenters. The number of carbonyl (C=O) groups is 1. The molecular formula is C28H52O. The second-order valence-electron chi connectivity index (χ2n) is 8.86. The first-order valence-corrected chi connectivity index (χ1v) is 12.3. The minimum atomic E-state index is 0.707. The lowest BCUT2D eigenvalue weighted by Crippen LogP contribution is -2.08. The average Bonchev–Trinajstić information content (AvgIpc) is 2.74. The van der Waals surface area contributed by atoms with Crippen LogP contribution in [0.4, 0.5) is 0 Å². The smallest absolute Gasteiger partial charge is 0.106 e. The number of benzene rings is 1. The Balaban J connectivity index is 0. The Labute approximate surface area is 184 Å². The molecular weight excluding hydrogens is 352 g/mol. The molecule has 1 aromatic rings. The van der Waals surface area contributed by atoms with Gasteiger partial charge < -0.3 is 4.79 Å². The van der Waals surface area contributed by atoms with Crippen molar-refractivity contribution in [3.63, 3.8) is 0 Å². The molecule has 0 amide bonds. The lowest BCUT2D eigenvalue weighted by atomic mass is 9.84. The molecule has 0 heterocycles. The Bertz CT molecular complexity index is 426. The van der Waals surface area contributed by atoms with Gasteiger partial charge in [0, 0.05) is 0 Å². The van der Waals surface area contributed by atoms with Gasteiger partial charge in [0.1, 0.15) is 6.79 Å². The highest BCUT2D eigenvalue weighted by atomic mass is 16.1. The zero-order chi connectivity index (χ0) is 22.7. The molecule has 1 saturated carbocycles. The van der Waals surface area contributed by atoms with Gasteiger partial charge in [-0.15, -0.1) is 0 Å². The number of aryl methyl sites for hydroxylation is 1. The molecule has 0 spiro atoms. The topological polar surface area (TPSA) is 17.1 Å². The Kier molecular flexibility index (Phi) is 20.9. The van der Waals surface area contributed by atoms with Gasteiger partial charge in [0.15, 0.2) is 0 Å². The summed E-state index contributed by atoms with van der Waals surface area (Å²) in [5.74, 6) is 3.66. The van der Waals surface area contributed by atoms with Crippen molar-refractivity contribution in [2.75, 3.05) is 0 Å². The summed E-state index contributed by atoms with van der Waals surface area (Å²) in [6.45, 7) is 19.9. The van der Waals surface area contributed by atoms with E-state index in [1.165, 1.54) is 68.9 Å². The molecule has 0 N–H and O–H groups in total. The molecule has 170 valence electrons. The van der Waals surface area contributed by atoms with Crippen LogP contribution < -0.4 is 0 Å². The zero-order valence-electron chi connectivity index (χ0n) is 21.1. The third kappa shape index (κ3) is 15.4. The Morgan fingerprint density at radius 3 is 1.59 bits per heavy atom. The lowest BCUT2D eigenvalue weighted by molar-refractivity contribution is -0.0979. The maximum absolute atomic E-state index is 8.00. The van der Waals surface area contributed by atoms with Gasteiger partial charge in [-0.3, -0.25) is 0 Å². The molecule has 1 aliphatic carbocycles. The van der Waals surface area contributed by atoms with Crippen molar-refractivity contribution in [1.29, 1.82) is 0 Å². The summed E-state index contributed by atoms with van der Waals surface area (Å²) >= 11 is 0. The summed E-state index contributed by atoms with van der Waals surface area (Å²) in [5, 5.41) is 0. The van der Waals surface area contributed by atoms with Gasteiger partial charge in [0.25, 0.3) is 0 Å². The molecule has 1 heteroatoms. The van der Waals surface area contributed by atoms with Crippen molar-refractivity contribution < 1.29 is 4.79 Å². The minimum absolute atomic E-state index is 0.707. The van der Waals surface area contributed by atoms with Crippen molar-refractivity contribution in [3.8, 4) is 0 Å². The van der Waals surface area contributed by atoms with Gasteiger partial charge in [0.2, 0.25) is 0 Å². The highest BCUT2D eigenvalue weighted by Crippen LogP contribution is 2.29. The standard InChI is InChI=1S/C17H28.C8H16.C2H6.CH2O/c1-5-7-16(8-6-2)13-15(4)17-11-9-14(3)10-12-17;1-7-3-5-8(2)6-4-7;2*1-2/h9-12,15-16H,5-8,13H2,1-4H3;7-8H,3-6H2,1-2H3;1-2H3;1H2. The molecule has 0 aromatic heterocycles. The Hall–Kier alpha value is -1.11. The second-order valence-corrected chi connectivity index (χ2v) is 8.86. The van der Waals surface area contributed by atoms with Crippen LogP contribution in [0.25, 0.3) is 0 Å². The Morgan fingerprint density at radius 2 is 1.24 bits per heavy atom. The van der Waals surface area contributed by atoms with Crippen LogP contribution in [-0.4, -0.2) is 6.79 Å². The van der Waals surface area contributed by atoms with E-state index in [2.05, 4.69) is 65.8 Å². The van der Waals surface area contributed by atoms with Gasteiger partial charge >= 0.3 is 0 Å². The fourth-order valence-electron chi connectivity index (χ4n) is 4.15. The van der Waals surface area contributed by atoms with Crippen LogP contribution in [-0.2, 0) is 4.79 Å². The van der Waals surface area contributed by atoms with E-state index in [9.17, 15) is 0 Å². The fraction of sp³-hybridized carbons (Fsp3) is 0.750. The number of hydrogen-bond acceptors (Lipinski definition) is 1. The number of rotatable bonds is 7. The minimum Gasteiger partial charge on any atom is -0.307 e. The van der Waals surface area contributed by atoms with Crippen LogP contribution in [0.5, 0.6) is 0 Å². The molecule has 0 aliphatic heterocycles. The number of carbonyl (C=O) groups excluding carboxylic acids is 1. The molecule has 1 fully saturated rings. The summed E-state index contributed by atoms with van der Waals surface area (Å²) < 4.78 is 0. The summed E-state index contributed by atoms with van der Waals surface area (Å²) in [6.07, 6.45) is 12.7. The zero-order valence-corrected chi connectivity index (χ0v) is 21.1. The van der Waals surface area contributed by atoms with Crippen molar-refractivity contribution in [3.05, 3.63) is 35.4 Å². The van der Waals surface area contributed by atoms with Crippen molar-refractivity contribution in [1.82, 2.24) is 0 Å². The molecule has 1 aromatic carbocycles. The summed E-state index contributed by atoms with van der Waals surface area (Å²) in [6, 6.07) is 9.07. The largest absolute Gasteiger partial charge is 0.307 e. The van der Waals surface area contributed by atoms with E-state index < -0.39 is 0 Å². The van der Waals surface area contributed by atoms with Gasteiger partial charge in [-0.2, -0.15) is 0 Å². The molecule has 2 rings (SSSR count). The highest BCUT2D eigenvalue weighted by molar-refractivity contribution is 5.24. The van der Waals surface area contributed by atoms with E-state index in [-0.39, 0.29) is 0 Å². The summed E-state index contributed by atoms with van der Waals surface area (Å²) in [5.41, 5.74) is 2.87. The van der Waals surface area contributed by atoms with Gasteiger partial charge in [0.05, 0.1) is 0 Å². The van der Waals surface area contributed by atoms with E-state index in [0.29, 0.717) is 5.92 Å². The summed E-state index contributed by atoms with van der Waals surface area (Å²) in [4.78, 5) is 8.00. The fourth-order valence-corrected chi connectivity index (χ4v) is 4.15. The van der Waals surface area contributed by atoms with Gasteiger partial charge in [-0.05, 0) is 42.6 Å². The van der Waals surface area contributed by atoms with Gasteiger partial charge in [-0.25, -0.2) is 0 Å². The van der Waals surface area contributed by atoms with Gasteiger partial charge in [-0.1, -0.05) is 130 Å². The predicted molar refractivity (Wildman–Crippen MR) is 133 cm³/mol. The van der Waals surface area contributed by atoms with Crippen molar-refractivity contribution in [2.45, 2.75) is 119 Å². The molecule has 0 radical (unpaired) electrons. The third-order valence-electron chi connectivity index (χ3n) is 6.03. The average molecular weight is 405 g/mol. The third-order valence-corrected chi connectivity index (χ3v) is 6.03. The van der Waals surface area contributed by atoms with Crippen LogP contribution in [0.2, 0.25) is 0 Å². The molecule has 0 saturated heterocycles. The molecule has 1 nitrogen and oxygen atoms in total. The van der Waals surface area contributed by atoms with Crippen LogP contribution in [0, 0.1) is 24.7 Å². The molecule has 0 bridgehead atoms. The van der Waals surface area contributed by atoms with Crippen LogP contribution in [0.15, 0.2) is 24.3 Å². The lowest BCUT2D eigenvalue weighted by Gasteiger charge is -2.22. The van der Waals surface area contributed by atoms with E-state index >= 15 is 0 Å². The summed E-state index contributed by atoms with van der Waals surface area (Å²) in [7, 11) is 0. The molecule has 1 aliphatic rings. The number of hydrogen-bond donors (Lipinski definition) is 0. The maximum atomic E-state index is 8.00. The highest BCUT2D eigenvalue weighted by Gasteiger charge is 2.14. The quantitative estimate of drug-likeness (QED) is 0.442. The van der Waals surface area contributed by atoms with Crippen molar-refractivity contribution >= 4 is 6.79 Å². The Morgan fingerprint density at radius 1 is 0.862 bits per heavy atom. The van der Waals surface area contributed by atoms with Crippen LogP contribution in [0.3, 0.4) is 0 Å². The maximum Gasteiger partial charge on any atom is 0.106 e. The normalized spacial score (nSPS) is 18.9. The molecule has 1 unspecified atom stereocenters. The first-order valence-electron chi connectivity index (χ1n) is 12.3. The van der Waals surface area contributed by atoms with E-state index in [1.807, 2.05) is 20.6 Å². The first kappa shape index (κ1) is 30.1. The van der Waals surface area contributed by atoms with Crippen LogP contribution in [0.1, 0.15) is 123 Å². The molecule has 29 heavy (non-hydrogen) atoms. The predicted octanol–water partition coefficient (Wildman–Crippen LogP) is 9.38. The van der Waals surface area contributed by atoms with E-state index in [1.54, 1.807) is 0 Å². The van der Waals surface area contributed by atoms with Crippen molar-refractivity contribution in [2.24, 2.45) is 17.8 Å². The monoisotopic (exact) mass is 404 g/mol.